The maximum Gasteiger partial charge on any atom is 0.273 e. The predicted octanol–water partition coefficient (Wildman–Crippen LogP) is 2.48. The largest absolute Gasteiger partial charge is 0.466 e. The van der Waals surface area contributed by atoms with E-state index in [0.717, 1.165) is 11.8 Å². The second-order valence-corrected chi connectivity index (χ2v) is 6.47. The minimum absolute atomic E-state index is 0.0984. The first kappa shape index (κ1) is 14.2. The van der Waals surface area contributed by atoms with Gasteiger partial charge in [-0.3, -0.25) is 20.4 Å². The van der Waals surface area contributed by atoms with Crippen molar-refractivity contribution in [2.24, 2.45) is 17.8 Å². The maximum atomic E-state index is 12.0. The van der Waals surface area contributed by atoms with E-state index >= 15 is 0 Å². The van der Waals surface area contributed by atoms with Crippen molar-refractivity contribution in [3.63, 3.8) is 0 Å². The molecule has 2 bridgehead atoms. The van der Waals surface area contributed by atoms with Crippen molar-refractivity contribution in [2.75, 3.05) is 0 Å². The molecule has 5 heteroatoms. The molecule has 1 aromatic heterocycles. The molecule has 2 saturated carbocycles. The summed E-state index contributed by atoms with van der Waals surface area (Å²) in [5, 5.41) is 0. The summed E-state index contributed by atoms with van der Waals surface area (Å²) in [7, 11) is 0. The third-order valence-electron chi connectivity index (χ3n) is 4.93. The first-order chi connectivity index (χ1) is 10.0. The fourth-order valence-corrected chi connectivity index (χ4v) is 3.97. The lowest BCUT2D eigenvalue weighted by Gasteiger charge is -2.20. The van der Waals surface area contributed by atoms with Gasteiger partial charge in [0.25, 0.3) is 5.91 Å². The van der Waals surface area contributed by atoms with Crippen molar-refractivity contribution in [3.8, 4) is 0 Å². The predicted molar refractivity (Wildman–Crippen MR) is 77.3 cm³/mol. The van der Waals surface area contributed by atoms with E-state index in [1.54, 1.807) is 19.9 Å². The smallest absolute Gasteiger partial charge is 0.273 e. The molecule has 114 valence electrons. The Hall–Kier alpha value is -1.78. The molecule has 3 atom stereocenters. The molecule has 21 heavy (non-hydrogen) atoms. The maximum absolute atomic E-state index is 12.0. The monoisotopic (exact) mass is 290 g/mol. The molecule has 0 unspecified atom stereocenters. The molecule has 1 aromatic rings. The van der Waals surface area contributed by atoms with E-state index in [-0.39, 0.29) is 11.8 Å². The highest BCUT2D eigenvalue weighted by atomic mass is 16.3. The molecule has 0 spiro atoms. The number of nitrogens with one attached hydrogen (secondary N) is 2. The number of hydrogen-bond donors (Lipinski definition) is 2. The van der Waals surface area contributed by atoms with Crippen molar-refractivity contribution in [3.05, 3.63) is 23.2 Å². The lowest BCUT2D eigenvalue weighted by atomic mass is 9.86. The van der Waals surface area contributed by atoms with Crippen molar-refractivity contribution in [1.82, 2.24) is 10.9 Å². The standard InChI is InChI=1S/C16H22N2O3/c1-9-5-14(10(2)21-9)16(20)18-17-15(19)8-13-7-11-3-4-12(13)6-11/h5,11-13H,3-4,6-8H2,1-2H3,(H,17,19)(H,18,20)/t11-,12+,13-/m0/s1. The fraction of sp³-hybridized carbons (Fsp3) is 0.625. The van der Waals surface area contributed by atoms with Gasteiger partial charge in [-0.2, -0.15) is 0 Å². The number of hydrazine groups is 1. The molecule has 0 aromatic carbocycles. The summed E-state index contributed by atoms with van der Waals surface area (Å²) in [6.45, 7) is 3.52. The molecule has 2 aliphatic rings. The Morgan fingerprint density at radius 2 is 2.05 bits per heavy atom. The molecular weight excluding hydrogens is 268 g/mol. The normalized spacial score (nSPS) is 26.9. The molecule has 2 fully saturated rings. The van der Waals surface area contributed by atoms with Gasteiger partial charge in [-0.05, 0) is 56.9 Å². The third kappa shape index (κ3) is 2.96. The number of aryl methyl sites for hydroxylation is 2. The third-order valence-corrected chi connectivity index (χ3v) is 4.93. The molecular formula is C16H22N2O3. The summed E-state index contributed by atoms with van der Waals surface area (Å²) in [6.07, 6.45) is 5.58. The zero-order chi connectivity index (χ0) is 15.0. The number of furan rings is 1. The van der Waals surface area contributed by atoms with Gasteiger partial charge in [0.05, 0.1) is 5.56 Å². The van der Waals surface area contributed by atoms with Crippen LogP contribution in [0.4, 0.5) is 0 Å². The Kier molecular flexibility index (Phi) is 3.74. The van der Waals surface area contributed by atoms with Gasteiger partial charge >= 0.3 is 0 Å². The van der Waals surface area contributed by atoms with Crippen LogP contribution in [0.5, 0.6) is 0 Å². The first-order valence-corrected chi connectivity index (χ1v) is 7.69. The summed E-state index contributed by atoms with van der Waals surface area (Å²) in [4.78, 5) is 23.9. The summed E-state index contributed by atoms with van der Waals surface area (Å²) < 4.78 is 5.31. The van der Waals surface area contributed by atoms with Crippen molar-refractivity contribution >= 4 is 11.8 Å². The molecule has 2 aliphatic carbocycles. The summed E-state index contributed by atoms with van der Waals surface area (Å²) >= 11 is 0. The van der Waals surface area contributed by atoms with E-state index in [9.17, 15) is 9.59 Å². The van der Waals surface area contributed by atoms with E-state index in [1.165, 1.54) is 25.7 Å². The van der Waals surface area contributed by atoms with Crippen molar-refractivity contribution in [2.45, 2.75) is 46.0 Å². The highest BCUT2D eigenvalue weighted by Gasteiger charge is 2.40. The molecule has 3 rings (SSSR count). The summed E-state index contributed by atoms with van der Waals surface area (Å²) in [5.74, 6) is 2.87. The first-order valence-electron chi connectivity index (χ1n) is 7.69. The number of amides is 2. The highest BCUT2D eigenvalue weighted by molar-refractivity contribution is 5.96. The van der Waals surface area contributed by atoms with Crippen molar-refractivity contribution < 1.29 is 14.0 Å². The van der Waals surface area contributed by atoms with Crippen LogP contribution in [0.2, 0.25) is 0 Å². The van der Waals surface area contributed by atoms with E-state index in [0.29, 0.717) is 29.4 Å². The zero-order valence-electron chi connectivity index (χ0n) is 12.6. The SMILES string of the molecule is Cc1cc(C(=O)NNC(=O)C[C@@H]2C[C@H]3CC[C@@H]2C3)c(C)o1. The zero-order valence-corrected chi connectivity index (χ0v) is 12.6. The van der Waals surface area contributed by atoms with E-state index in [4.69, 9.17) is 4.42 Å². The number of fused-ring (bicyclic) bond motifs is 2. The second-order valence-electron chi connectivity index (χ2n) is 6.47. The van der Waals surface area contributed by atoms with Gasteiger partial charge in [0.15, 0.2) is 0 Å². The molecule has 2 N–H and O–H groups in total. The van der Waals surface area contributed by atoms with E-state index < -0.39 is 0 Å². The van der Waals surface area contributed by atoms with Gasteiger partial charge < -0.3 is 4.42 Å². The highest BCUT2D eigenvalue weighted by Crippen LogP contribution is 2.49. The van der Waals surface area contributed by atoms with Gasteiger partial charge in [0, 0.05) is 6.42 Å². The number of carbonyl (C=O) groups excluding carboxylic acids is 2. The number of hydrogen-bond acceptors (Lipinski definition) is 3. The van der Waals surface area contributed by atoms with Crippen molar-refractivity contribution in [1.29, 1.82) is 0 Å². The lowest BCUT2D eigenvalue weighted by molar-refractivity contribution is -0.123. The van der Waals surface area contributed by atoms with Gasteiger partial charge in [0.2, 0.25) is 5.91 Å². The molecule has 0 radical (unpaired) electrons. The van der Waals surface area contributed by atoms with Crippen LogP contribution in [0.1, 0.15) is 54.0 Å². The lowest BCUT2D eigenvalue weighted by Crippen LogP contribution is -2.42. The summed E-state index contributed by atoms with van der Waals surface area (Å²) in [6, 6.07) is 1.67. The van der Waals surface area contributed by atoms with Crippen LogP contribution in [0.25, 0.3) is 0 Å². The fourth-order valence-electron chi connectivity index (χ4n) is 3.97. The van der Waals surface area contributed by atoms with Gasteiger partial charge in [0.1, 0.15) is 11.5 Å². The molecule has 0 saturated heterocycles. The quantitative estimate of drug-likeness (QED) is 0.840. The average Bonchev–Trinajstić information content (AvgIpc) is 3.11. The molecule has 2 amide bonds. The minimum Gasteiger partial charge on any atom is -0.466 e. The van der Waals surface area contributed by atoms with Gasteiger partial charge in [-0.1, -0.05) is 6.42 Å². The summed E-state index contributed by atoms with van der Waals surface area (Å²) in [5.41, 5.74) is 5.46. The Labute approximate surface area is 124 Å². The Balaban J connectivity index is 1.47. The second kappa shape index (κ2) is 5.54. The van der Waals surface area contributed by atoms with Crippen LogP contribution in [0.15, 0.2) is 10.5 Å². The van der Waals surface area contributed by atoms with Crippen LogP contribution < -0.4 is 10.9 Å². The number of carbonyl (C=O) groups is 2. The van der Waals surface area contributed by atoms with E-state index in [2.05, 4.69) is 10.9 Å². The topological polar surface area (TPSA) is 71.3 Å². The van der Waals surface area contributed by atoms with Crippen LogP contribution in [0.3, 0.4) is 0 Å². The molecule has 5 nitrogen and oxygen atoms in total. The van der Waals surface area contributed by atoms with Crippen LogP contribution in [0, 0.1) is 31.6 Å². The Bertz CT molecular complexity index is 564. The van der Waals surface area contributed by atoms with E-state index in [1.807, 2.05) is 0 Å². The van der Waals surface area contributed by atoms with Gasteiger partial charge in [-0.25, -0.2) is 0 Å². The van der Waals surface area contributed by atoms with Crippen LogP contribution in [-0.4, -0.2) is 11.8 Å². The average molecular weight is 290 g/mol. The Morgan fingerprint density at radius 1 is 1.24 bits per heavy atom. The molecule has 1 heterocycles. The van der Waals surface area contributed by atoms with Crippen LogP contribution in [-0.2, 0) is 4.79 Å². The minimum atomic E-state index is -0.328. The van der Waals surface area contributed by atoms with Gasteiger partial charge in [-0.15, -0.1) is 0 Å². The Morgan fingerprint density at radius 3 is 2.62 bits per heavy atom. The van der Waals surface area contributed by atoms with Crippen LogP contribution >= 0.6 is 0 Å². The number of rotatable bonds is 3. The molecule has 0 aliphatic heterocycles.